The molecule has 116 valence electrons. The lowest BCUT2D eigenvalue weighted by Gasteiger charge is -2.07. The van der Waals surface area contributed by atoms with Crippen molar-refractivity contribution in [2.45, 2.75) is 30.6 Å². The zero-order valence-electron chi connectivity index (χ0n) is 12.5. The highest BCUT2D eigenvalue weighted by Crippen LogP contribution is 2.14. The van der Waals surface area contributed by atoms with Gasteiger partial charge in [0.2, 0.25) is 10.0 Å². The molecule has 0 aliphatic carbocycles. The van der Waals surface area contributed by atoms with Crippen LogP contribution in [0.3, 0.4) is 0 Å². The van der Waals surface area contributed by atoms with Crippen molar-refractivity contribution in [2.75, 3.05) is 12.8 Å². The van der Waals surface area contributed by atoms with Gasteiger partial charge in [-0.15, -0.1) is 0 Å². The van der Waals surface area contributed by atoms with Gasteiger partial charge in [-0.25, -0.2) is 16.8 Å². The summed E-state index contributed by atoms with van der Waals surface area (Å²) in [6, 6.07) is 5.06. The van der Waals surface area contributed by atoms with E-state index < -0.39 is 19.9 Å². The van der Waals surface area contributed by atoms with Crippen molar-refractivity contribution in [1.29, 1.82) is 0 Å². The van der Waals surface area contributed by atoms with E-state index >= 15 is 0 Å². The maximum Gasteiger partial charge on any atom is 0.241 e. The Hall–Kier alpha value is -1.36. The van der Waals surface area contributed by atoms with Crippen LogP contribution in [0.25, 0.3) is 0 Å². The first-order valence-electron chi connectivity index (χ1n) is 6.22. The smallest absolute Gasteiger partial charge is 0.224 e. The quantitative estimate of drug-likeness (QED) is 0.847. The molecule has 0 spiro atoms. The average molecular weight is 329 g/mol. The van der Waals surface area contributed by atoms with Crippen LogP contribution in [-0.4, -0.2) is 29.6 Å². The molecule has 0 atom stereocenters. The van der Waals surface area contributed by atoms with Gasteiger partial charge in [-0.3, -0.25) is 0 Å². The summed E-state index contributed by atoms with van der Waals surface area (Å²) in [7, 11) is -7.03. The van der Waals surface area contributed by atoms with Gasteiger partial charge in [0.25, 0.3) is 0 Å². The number of sulfone groups is 1. The second kappa shape index (κ2) is 6.18. The van der Waals surface area contributed by atoms with E-state index in [0.29, 0.717) is 0 Å². The number of hydrogen-bond donors (Lipinski definition) is 1. The summed E-state index contributed by atoms with van der Waals surface area (Å²) < 4.78 is 49.0. The molecule has 0 aromatic heterocycles. The van der Waals surface area contributed by atoms with Crippen LogP contribution in [0.4, 0.5) is 0 Å². The molecular formula is C14H19NO4S2. The Bertz CT molecular complexity index is 759. The van der Waals surface area contributed by atoms with Gasteiger partial charge in [0.05, 0.1) is 16.3 Å². The molecule has 0 aliphatic rings. The van der Waals surface area contributed by atoms with Crippen molar-refractivity contribution in [2.24, 2.45) is 5.41 Å². The van der Waals surface area contributed by atoms with Gasteiger partial charge in [0, 0.05) is 11.7 Å². The molecule has 0 heterocycles. The van der Waals surface area contributed by atoms with Crippen molar-refractivity contribution < 1.29 is 16.8 Å². The fourth-order valence-corrected chi connectivity index (χ4v) is 2.94. The van der Waals surface area contributed by atoms with Gasteiger partial charge < -0.3 is 0 Å². The molecule has 1 rings (SSSR count). The number of benzene rings is 1. The Morgan fingerprint density at radius 1 is 1.00 bits per heavy atom. The van der Waals surface area contributed by atoms with Crippen LogP contribution in [0.1, 0.15) is 20.8 Å². The molecule has 7 heteroatoms. The molecule has 0 radical (unpaired) electrons. The van der Waals surface area contributed by atoms with Crippen LogP contribution in [0.2, 0.25) is 0 Å². The number of sulfonamides is 1. The second-order valence-electron chi connectivity index (χ2n) is 5.62. The van der Waals surface area contributed by atoms with E-state index in [-0.39, 0.29) is 21.8 Å². The summed E-state index contributed by atoms with van der Waals surface area (Å²) >= 11 is 0. The van der Waals surface area contributed by atoms with Crippen molar-refractivity contribution in [3.05, 3.63) is 24.3 Å². The third-order valence-corrected chi connectivity index (χ3v) is 4.92. The molecule has 1 aromatic carbocycles. The lowest BCUT2D eigenvalue weighted by atomic mass is 9.98. The predicted octanol–water partition coefficient (Wildman–Crippen LogP) is 1.42. The normalized spacial score (nSPS) is 12.6. The largest absolute Gasteiger partial charge is 0.241 e. The van der Waals surface area contributed by atoms with Gasteiger partial charge in [-0.05, 0) is 45.0 Å². The van der Waals surface area contributed by atoms with E-state index in [4.69, 9.17) is 0 Å². The van der Waals surface area contributed by atoms with Gasteiger partial charge in [0.1, 0.15) is 0 Å². The molecule has 0 fully saturated rings. The topological polar surface area (TPSA) is 80.3 Å². The highest BCUT2D eigenvalue weighted by molar-refractivity contribution is 7.90. The van der Waals surface area contributed by atoms with E-state index in [0.717, 1.165) is 6.26 Å². The molecule has 21 heavy (non-hydrogen) atoms. The van der Waals surface area contributed by atoms with Crippen LogP contribution in [0.5, 0.6) is 0 Å². The van der Waals surface area contributed by atoms with Gasteiger partial charge >= 0.3 is 0 Å². The monoisotopic (exact) mass is 329 g/mol. The van der Waals surface area contributed by atoms with Crippen molar-refractivity contribution in [3.8, 4) is 11.8 Å². The molecule has 1 aromatic rings. The van der Waals surface area contributed by atoms with E-state index in [1.165, 1.54) is 24.3 Å². The second-order valence-corrected chi connectivity index (χ2v) is 9.40. The summed E-state index contributed by atoms with van der Waals surface area (Å²) in [6.07, 6.45) is 1.07. The highest BCUT2D eigenvalue weighted by atomic mass is 32.2. The summed E-state index contributed by atoms with van der Waals surface area (Å²) in [4.78, 5) is 0.0847. The molecule has 0 bridgehead atoms. The summed E-state index contributed by atoms with van der Waals surface area (Å²) in [5.41, 5.74) is -0.192. The van der Waals surface area contributed by atoms with Crippen LogP contribution in [0, 0.1) is 17.3 Å². The van der Waals surface area contributed by atoms with Crippen LogP contribution in [-0.2, 0) is 19.9 Å². The highest BCUT2D eigenvalue weighted by Gasteiger charge is 2.14. The molecular weight excluding hydrogens is 310 g/mol. The Kier molecular flexibility index (Phi) is 5.20. The Morgan fingerprint density at radius 3 is 1.90 bits per heavy atom. The molecule has 0 amide bonds. The third kappa shape index (κ3) is 5.87. The van der Waals surface area contributed by atoms with Gasteiger partial charge in [0.15, 0.2) is 9.84 Å². The maximum absolute atomic E-state index is 12.0. The summed E-state index contributed by atoms with van der Waals surface area (Å²) in [5, 5.41) is 0. The van der Waals surface area contributed by atoms with Crippen LogP contribution >= 0.6 is 0 Å². The maximum atomic E-state index is 12.0. The minimum Gasteiger partial charge on any atom is -0.224 e. The molecule has 5 nitrogen and oxygen atoms in total. The molecule has 0 saturated heterocycles. The zero-order valence-corrected chi connectivity index (χ0v) is 14.1. The Morgan fingerprint density at radius 2 is 1.48 bits per heavy atom. The first-order chi connectivity index (χ1) is 9.42. The van der Waals surface area contributed by atoms with E-state index in [9.17, 15) is 16.8 Å². The lowest BCUT2D eigenvalue weighted by molar-refractivity contribution is 0.569. The third-order valence-electron chi connectivity index (χ3n) is 2.38. The SMILES string of the molecule is CC(C)(C)C#CCNS(=O)(=O)c1ccc(S(C)(=O)=O)cc1. The Labute approximate surface area is 126 Å². The zero-order chi connectivity index (χ0) is 16.3. The van der Waals surface area contributed by atoms with E-state index in [2.05, 4.69) is 16.6 Å². The number of nitrogens with one attached hydrogen (secondary N) is 1. The first-order valence-corrected chi connectivity index (χ1v) is 9.59. The van der Waals surface area contributed by atoms with Crippen LogP contribution < -0.4 is 4.72 Å². The minimum atomic E-state index is -3.69. The predicted molar refractivity (Wildman–Crippen MR) is 82.0 cm³/mol. The van der Waals surface area contributed by atoms with Gasteiger partial charge in [-0.1, -0.05) is 11.8 Å². The summed E-state index contributed by atoms with van der Waals surface area (Å²) in [6.45, 7) is 5.79. The fraction of sp³-hybridized carbons (Fsp3) is 0.429. The molecule has 0 saturated carbocycles. The molecule has 0 aliphatic heterocycles. The number of hydrogen-bond acceptors (Lipinski definition) is 4. The molecule has 0 unspecified atom stereocenters. The number of rotatable bonds is 4. The lowest BCUT2D eigenvalue weighted by Crippen LogP contribution is -2.24. The summed E-state index contributed by atoms with van der Waals surface area (Å²) in [5.74, 6) is 5.67. The van der Waals surface area contributed by atoms with Crippen molar-refractivity contribution in [3.63, 3.8) is 0 Å². The van der Waals surface area contributed by atoms with Crippen molar-refractivity contribution in [1.82, 2.24) is 4.72 Å². The standard InChI is InChI=1S/C14H19NO4S2/c1-14(2,3)10-5-11-15-21(18,19)13-8-6-12(7-9-13)20(4,16)17/h6-9,15H,11H2,1-4H3. The Balaban J connectivity index is 2.86. The molecule has 1 N–H and O–H groups in total. The van der Waals surface area contributed by atoms with E-state index in [1.807, 2.05) is 20.8 Å². The first kappa shape index (κ1) is 17.7. The van der Waals surface area contributed by atoms with Crippen LogP contribution in [0.15, 0.2) is 34.1 Å². The van der Waals surface area contributed by atoms with Crippen molar-refractivity contribution >= 4 is 19.9 Å². The fourth-order valence-electron chi connectivity index (χ4n) is 1.39. The van der Waals surface area contributed by atoms with Gasteiger partial charge in [-0.2, -0.15) is 4.72 Å². The average Bonchev–Trinajstić information content (AvgIpc) is 2.33. The minimum absolute atomic E-state index is 0.00691. The van der Waals surface area contributed by atoms with E-state index in [1.54, 1.807) is 0 Å².